The van der Waals surface area contributed by atoms with E-state index in [0.717, 1.165) is 31.4 Å². The van der Waals surface area contributed by atoms with Crippen LogP contribution in [-0.2, 0) is 18.3 Å². The van der Waals surface area contributed by atoms with E-state index in [1.807, 2.05) is 0 Å². The number of hydrogen-bond acceptors (Lipinski definition) is 2. The monoisotopic (exact) mass is 672 g/mol. The Morgan fingerprint density at radius 1 is 0.385 bits per heavy atom. The molecule has 0 fully saturated rings. The molecule has 7 aromatic rings. The van der Waals surface area contributed by atoms with Gasteiger partial charge in [0.1, 0.15) is 0 Å². The third kappa shape index (κ3) is 5.51. The Morgan fingerprint density at radius 3 is 1.19 bits per heavy atom. The lowest BCUT2D eigenvalue weighted by molar-refractivity contribution is 0.507. The van der Waals surface area contributed by atoms with Gasteiger partial charge in [0.2, 0.25) is 0 Å². The van der Waals surface area contributed by atoms with E-state index in [9.17, 15) is 0 Å². The van der Waals surface area contributed by atoms with Crippen LogP contribution in [0.2, 0.25) is 0 Å². The van der Waals surface area contributed by atoms with Crippen LogP contribution in [0.3, 0.4) is 0 Å². The molecule has 9 rings (SSSR count). The molecular formula is C50H44N2. The van der Waals surface area contributed by atoms with Crippen molar-refractivity contribution in [3.63, 3.8) is 0 Å². The van der Waals surface area contributed by atoms with E-state index >= 15 is 0 Å². The van der Waals surface area contributed by atoms with Crippen LogP contribution in [0, 0.1) is 20.8 Å². The molecule has 1 spiro atoms. The van der Waals surface area contributed by atoms with E-state index in [4.69, 9.17) is 0 Å². The topological polar surface area (TPSA) is 6.48 Å². The normalized spacial score (nSPS) is 15.8. The molecule has 0 N–H and O–H groups in total. The van der Waals surface area contributed by atoms with Gasteiger partial charge in [-0.3, -0.25) is 0 Å². The molecule has 2 aliphatic rings. The zero-order valence-electron chi connectivity index (χ0n) is 30.3. The van der Waals surface area contributed by atoms with Crippen molar-refractivity contribution in [3.05, 3.63) is 203 Å². The molecular weight excluding hydrogens is 629 g/mol. The Balaban J connectivity index is 1.13. The molecule has 52 heavy (non-hydrogen) atoms. The first-order chi connectivity index (χ1) is 25.5. The lowest BCUT2D eigenvalue weighted by atomic mass is 9.76. The van der Waals surface area contributed by atoms with E-state index in [1.54, 1.807) is 0 Å². The summed E-state index contributed by atoms with van der Waals surface area (Å²) < 4.78 is 0. The van der Waals surface area contributed by atoms with Gasteiger partial charge in [-0.05, 0) is 169 Å². The Labute approximate surface area is 308 Å². The van der Waals surface area contributed by atoms with Crippen LogP contribution in [0.4, 0.5) is 34.1 Å². The van der Waals surface area contributed by atoms with Gasteiger partial charge in [-0.1, -0.05) is 91.0 Å². The predicted octanol–water partition coefficient (Wildman–Crippen LogP) is 13.4. The molecule has 0 aromatic heterocycles. The highest BCUT2D eigenvalue weighted by atomic mass is 15.1. The van der Waals surface area contributed by atoms with Crippen LogP contribution in [-0.4, -0.2) is 0 Å². The van der Waals surface area contributed by atoms with Gasteiger partial charge in [0.15, 0.2) is 0 Å². The van der Waals surface area contributed by atoms with E-state index in [0.29, 0.717) is 0 Å². The first kappa shape index (κ1) is 32.1. The Hall–Kier alpha value is -5.86. The van der Waals surface area contributed by atoms with Gasteiger partial charge in [-0.15, -0.1) is 0 Å². The molecule has 7 aromatic carbocycles. The largest absolute Gasteiger partial charge is 0.310 e. The number of hydrogen-bond donors (Lipinski definition) is 0. The first-order valence-corrected chi connectivity index (χ1v) is 18.7. The van der Waals surface area contributed by atoms with Gasteiger partial charge in [0.25, 0.3) is 0 Å². The molecule has 0 bridgehead atoms. The van der Waals surface area contributed by atoms with Gasteiger partial charge < -0.3 is 9.80 Å². The Bertz CT molecular complexity index is 2310. The number of anilines is 6. The molecule has 2 nitrogen and oxygen atoms in total. The predicted molar refractivity (Wildman–Crippen MR) is 219 cm³/mol. The maximum absolute atomic E-state index is 2.52. The van der Waals surface area contributed by atoms with Crippen LogP contribution in [0.5, 0.6) is 0 Å². The summed E-state index contributed by atoms with van der Waals surface area (Å²) in [7, 11) is 0. The maximum atomic E-state index is 2.52. The summed E-state index contributed by atoms with van der Waals surface area (Å²) in [4.78, 5) is 4.83. The first-order valence-electron chi connectivity index (χ1n) is 18.7. The summed E-state index contributed by atoms with van der Waals surface area (Å²) in [5.74, 6) is 0. The second kappa shape index (κ2) is 13.0. The standard InChI is InChI=1S/C50H44N2/c1-35-31-41(32-36(2)37(35)3)38-19-23-45(24-20-38)52(44-17-11-6-12-18-44)47-26-22-40-28-30-50(49(40)34-47)29-27-39-21-25-46(33-48(39)50)51(42-13-7-4-8-14-42)43-15-9-5-10-16-43/h4-26,31-34H,27-30H2,1-3H3/t50-/m1/s1. The Morgan fingerprint density at radius 2 is 0.769 bits per heavy atom. The van der Waals surface area contributed by atoms with Gasteiger partial charge >= 0.3 is 0 Å². The third-order valence-electron chi connectivity index (χ3n) is 11.8. The quantitative estimate of drug-likeness (QED) is 0.166. The Kier molecular flexibility index (Phi) is 8.04. The molecule has 0 aliphatic heterocycles. The van der Waals surface area contributed by atoms with E-state index in [2.05, 4.69) is 194 Å². The minimum absolute atomic E-state index is 0.00308. The molecule has 2 heteroatoms. The highest BCUT2D eigenvalue weighted by Crippen LogP contribution is 2.54. The second-order valence-electron chi connectivity index (χ2n) is 14.7. The van der Waals surface area contributed by atoms with E-state index in [-0.39, 0.29) is 5.41 Å². The minimum atomic E-state index is 0.00308. The smallest absolute Gasteiger partial charge is 0.0464 e. The number of para-hydroxylation sites is 3. The van der Waals surface area contributed by atoms with Crippen molar-refractivity contribution in [2.75, 3.05) is 9.80 Å². The molecule has 2 aliphatic carbocycles. The fourth-order valence-corrected chi connectivity index (χ4v) is 8.87. The summed E-state index contributed by atoms with van der Waals surface area (Å²) in [6.45, 7) is 6.64. The van der Waals surface area contributed by atoms with E-state index in [1.165, 1.54) is 78.5 Å². The van der Waals surface area contributed by atoms with Gasteiger partial charge in [0, 0.05) is 39.5 Å². The minimum Gasteiger partial charge on any atom is -0.310 e. The van der Waals surface area contributed by atoms with Crippen molar-refractivity contribution in [1.29, 1.82) is 0 Å². The van der Waals surface area contributed by atoms with Crippen LogP contribution >= 0.6 is 0 Å². The van der Waals surface area contributed by atoms with Gasteiger partial charge in [-0.2, -0.15) is 0 Å². The highest BCUT2D eigenvalue weighted by molar-refractivity contribution is 5.81. The zero-order chi connectivity index (χ0) is 35.2. The van der Waals surface area contributed by atoms with E-state index < -0.39 is 0 Å². The SMILES string of the molecule is Cc1cc(-c2ccc(N(c3ccccc3)c3ccc4c(c3)[C@]3(CCc5ccc(N(c6ccccc6)c6ccccc6)cc53)CC4)cc2)cc(C)c1C. The third-order valence-corrected chi connectivity index (χ3v) is 11.8. The molecule has 254 valence electrons. The molecule has 1 atom stereocenters. The van der Waals surface area contributed by atoms with Crippen LogP contribution in [0.1, 0.15) is 51.8 Å². The summed E-state index contributed by atoms with van der Waals surface area (Å²) in [5.41, 5.74) is 19.6. The van der Waals surface area contributed by atoms with Crippen LogP contribution < -0.4 is 9.80 Å². The molecule has 0 saturated heterocycles. The summed E-state index contributed by atoms with van der Waals surface area (Å²) in [6, 6.07) is 60.6. The number of rotatable bonds is 7. The lowest BCUT2D eigenvalue weighted by Crippen LogP contribution is -2.22. The molecule has 0 heterocycles. The van der Waals surface area contributed by atoms with Crippen LogP contribution in [0.15, 0.2) is 164 Å². The number of aryl methyl sites for hydroxylation is 4. The molecule has 0 radical (unpaired) electrons. The van der Waals surface area contributed by atoms with Crippen molar-refractivity contribution in [2.45, 2.75) is 51.9 Å². The fourth-order valence-electron chi connectivity index (χ4n) is 8.87. The summed E-state index contributed by atoms with van der Waals surface area (Å²) in [6.07, 6.45) is 4.51. The van der Waals surface area contributed by atoms with Crippen molar-refractivity contribution in [3.8, 4) is 11.1 Å². The lowest BCUT2D eigenvalue weighted by Gasteiger charge is -2.31. The molecule has 0 unspecified atom stereocenters. The average Bonchev–Trinajstić information content (AvgIpc) is 3.75. The number of nitrogens with zero attached hydrogens (tertiary/aromatic N) is 2. The van der Waals surface area contributed by atoms with Gasteiger partial charge in [0.05, 0.1) is 0 Å². The summed E-state index contributed by atoms with van der Waals surface area (Å²) in [5, 5.41) is 0. The maximum Gasteiger partial charge on any atom is 0.0464 e. The zero-order valence-corrected chi connectivity index (χ0v) is 30.3. The van der Waals surface area contributed by atoms with Gasteiger partial charge in [-0.25, -0.2) is 0 Å². The second-order valence-corrected chi connectivity index (χ2v) is 14.7. The van der Waals surface area contributed by atoms with Crippen molar-refractivity contribution < 1.29 is 0 Å². The fraction of sp³-hybridized carbons (Fsp3) is 0.160. The average molecular weight is 673 g/mol. The highest BCUT2D eigenvalue weighted by Gasteiger charge is 2.45. The van der Waals surface area contributed by atoms with Crippen molar-refractivity contribution in [2.24, 2.45) is 0 Å². The van der Waals surface area contributed by atoms with Crippen molar-refractivity contribution in [1.82, 2.24) is 0 Å². The molecule has 0 saturated carbocycles. The molecule has 0 amide bonds. The number of benzene rings is 7. The van der Waals surface area contributed by atoms with Crippen molar-refractivity contribution >= 4 is 34.1 Å². The van der Waals surface area contributed by atoms with Crippen LogP contribution in [0.25, 0.3) is 11.1 Å². The number of fused-ring (bicyclic) bond motifs is 4. The summed E-state index contributed by atoms with van der Waals surface area (Å²) >= 11 is 0.